The lowest BCUT2D eigenvalue weighted by molar-refractivity contribution is 0.0721. The van der Waals surface area contributed by atoms with Gasteiger partial charge in [0.2, 0.25) is 5.90 Å². The molecule has 24 heavy (non-hydrogen) atoms. The molecule has 0 amide bonds. The zero-order valence-electron chi connectivity index (χ0n) is 13.6. The largest absolute Gasteiger partial charge is 0.403 e. The van der Waals surface area contributed by atoms with Crippen molar-refractivity contribution in [1.29, 1.82) is 0 Å². The molecular weight excluding hydrogens is 326 g/mol. The van der Waals surface area contributed by atoms with Crippen LogP contribution in [0.1, 0.15) is 35.3 Å². The molecular formula is C19H18ClNO3. The summed E-state index contributed by atoms with van der Waals surface area (Å²) < 4.78 is 11.0. The van der Waals surface area contributed by atoms with Gasteiger partial charge in [0.05, 0.1) is 34.9 Å². The van der Waals surface area contributed by atoms with Crippen LogP contribution in [0.2, 0.25) is 5.02 Å². The minimum absolute atomic E-state index is 0.258. The highest BCUT2D eigenvalue weighted by atomic mass is 35.5. The smallest absolute Gasteiger partial charge is 0.345 e. The van der Waals surface area contributed by atoms with Gasteiger partial charge >= 0.3 is 5.97 Å². The Kier molecular flexibility index (Phi) is 4.69. The van der Waals surface area contributed by atoms with E-state index < -0.39 is 11.5 Å². The quantitative estimate of drug-likeness (QED) is 0.762. The third kappa shape index (κ3) is 3.66. The summed E-state index contributed by atoms with van der Waals surface area (Å²) in [6.45, 7) is 4.75. The van der Waals surface area contributed by atoms with Gasteiger partial charge in [0, 0.05) is 0 Å². The molecule has 0 bridgehead atoms. The Balaban J connectivity index is 1.72. The van der Waals surface area contributed by atoms with Gasteiger partial charge in [0.1, 0.15) is 0 Å². The number of carbonyl (C=O) groups is 1. The van der Waals surface area contributed by atoms with Crippen molar-refractivity contribution in [2.75, 3.05) is 6.61 Å². The predicted octanol–water partition coefficient (Wildman–Crippen LogP) is 4.25. The molecule has 0 fully saturated rings. The van der Waals surface area contributed by atoms with Crippen molar-refractivity contribution in [1.82, 2.24) is 0 Å². The van der Waals surface area contributed by atoms with Crippen molar-refractivity contribution >= 4 is 23.5 Å². The first-order valence-electron chi connectivity index (χ1n) is 7.69. The average molecular weight is 344 g/mol. The van der Waals surface area contributed by atoms with Crippen molar-refractivity contribution in [3.8, 4) is 0 Å². The highest BCUT2D eigenvalue weighted by Gasteiger charge is 2.32. The first-order valence-corrected chi connectivity index (χ1v) is 8.07. The number of esters is 1. The zero-order valence-corrected chi connectivity index (χ0v) is 14.3. The molecule has 2 aromatic rings. The van der Waals surface area contributed by atoms with E-state index in [-0.39, 0.29) is 5.90 Å². The highest BCUT2D eigenvalue weighted by Crippen LogP contribution is 2.29. The molecule has 0 spiro atoms. The van der Waals surface area contributed by atoms with Gasteiger partial charge in [-0.3, -0.25) is 0 Å². The van der Waals surface area contributed by atoms with Crippen LogP contribution in [-0.4, -0.2) is 24.0 Å². The van der Waals surface area contributed by atoms with Crippen molar-refractivity contribution in [3.63, 3.8) is 0 Å². The molecule has 0 atom stereocenters. The minimum Gasteiger partial charge on any atom is -0.403 e. The second kappa shape index (κ2) is 6.75. The van der Waals surface area contributed by atoms with Crippen LogP contribution in [0.25, 0.3) is 0 Å². The van der Waals surface area contributed by atoms with Crippen LogP contribution in [0.4, 0.5) is 0 Å². The number of rotatable bonds is 5. The number of carbonyl (C=O) groups excluding carboxylic acids is 1. The summed E-state index contributed by atoms with van der Waals surface area (Å²) in [5.41, 5.74) is 1.55. The molecule has 0 aliphatic carbocycles. The number of ether oxygens (including phenoxy) is 2. The Bertz CT molecular complexity index is 784. The van der Waals surface area contributed by atoms with Gasteiger partial charge in [-0.15, -0.1) is 0 Å². The molecule has 1 heterocycles. The van der Waals surface area contributed by atoms with Crippen LogP contribution in [0.5, 0.6) is 0 Å². The number of hydrogen-bond donors (Lipinski definition) is 0. The summed E-state index contributed by atoms with van der Waals surface area (Å²) in [6, 6.07) is 15.1. The lowest BCUT2D eigenvalue weighted by Gasteiger charge is -2.20. The monoisotopic (exact) mass is 343 g/mol. The van der Waals surface area contributed by atoms with Crippen LogP contribution >= 0.6 is 11.6 Å². The van der Waals surface area contributed by atoms with E-state index in [1.165, 1.54) is 0 Å². The molecule has 5 heteroatoms. The average Bonchev–Trinajstić information content (AvgIpc) is 2.85. The van der Waals surface area contributed by atoms with Gasteiger partial charge < -0.3 is 9.47 Å². The molecule has 4 nitrogen and oxygen atoms in total. The van der Waals surface area contributed by atoms with Gasteiger partial charge in [-0.25, -0.2) is 9.79 Å². The molecule has 0 N–H and O–H groups in total. The van der Waals surface area contributed by atoms with Crippen molar-refractivity contribution in [2.24, 2.45) is 4.99 Å². The van der Waals surface area contributed by atoms with Gasteiger partial charge in [-0.1, -0.05) is 48.0 Å². The second-order valence-electron chi connectivity index (χ2n) is 6.26. The molecule has 1 aliphatic rings. The molecule has 0 saturated heterocycles. The van der Waals surface area contributed by atoms with E-state index in [0.717, 1.165) is 5.56 Å². The van der Waals surface area contributed by atoms with E-state index in [9.17, 15) is 4.79 Å². The highest BCUT2D eigenvalue weighted by molar-refractivity contribution is 6.36. The van der Waals surface area contributed by atoms with Gasteiger partial charge in [-0.2, -0.15) is 0 Å². The lowest BCUT2D eigenvalue weighted by atomic mass is 10.1. The molecule has 0 radical (unpaired) electrons. The van der Waals surface area contributed by atoms with Crippen LogP contribution in [0.3, 0.4) is 0 Å². The molecule has 124 valence electrons. The van der Waals surface area contributed by atoms with E-state index in [0.29, 0.717) is 29.4 Å². The topological polar surface area (TPSA) is 47.9 Å². The predicted molar refractivity (Wildman–Crippen MR) is 93.6 cm³/mol. The fourth-order valence-corrected chi connectivity index (χ4v) is 2.74. The van der Waals surface area contributed by atoms with Crippen LogP contribution in [0, 0.1) is 0 Å². The summed E-state index contributed by atoms with van der Waals surface area (Å²) in [6.07, 6.45) is 0. The number of benzene rings is 2. The van der Waals surface area contributed by atoms with E-state index in [2.05, 4.69) is 4.99 Å². The van der Waals surface area contributed by atoms with Gasteiger partial charge in [-0.05, 0) is 31.5 Å². The number of aliphatic imine (C=N–C) groups is 1. The Labute approximate surface area is 146 Å². The summed E-state index contributed by atoms with van der Waals surface area (Å²) in [5, 5.41) is 0.457. The van der Waals surface area contributed by atoms with Crippen LogP contribution in [0.15, 0.2) is 53.5 Å². The number of fused-ring (bicyclic) bond motifs is 1. The first kappa shape index (κ1) is 16.7. The molecule has 3 rings (SSSR count). The van der Waals surface area contributed by atoms with Gasteiger partial charge in [0.15, 0.2) is 0 Å². The SMILES string of the molecule is CC(C)(COCc1ccccc1)N=C1OC(=O)c2cccc(Cl)c21. The Morgan fingerprint density at radius 3 is 2.62 bits per heavy atom. The molecule has 1 aliphatic heterocycles. The van der Waals surface area contributed by atoms with Crippen molar-refractivity contribution in [2.45, 2.75) is 26.0 Å². The van der Waals surface area contributed by atoms with Crippen molar-refractivity contribution < 1.29 is 14.3 Å². The normalized spacial score (nSPS) is 15.5. The summed E-state index contributed by atoms with van der Waals surface area (Å²) in [4.78, 5) is 16.5. The third-order valence-electron chi connectivity index (χ3n) is 3.61. The fraction of sp³-hybridized carbons (Fsp3) is 0.263. The standard InChI is InChI=1S/C19H18ClNO3/c1-19(2,12-23-11-13-7-4-3-5-8-13)21-17-16-14(18(22)24-17)9-6-10-15(16)20/h3-10H,11-12H2,1-2H3. The van der Waals surface area contributed by atoms with Gasteiger partial charge in [0.25, 0.3) is 0 Å². The molecule has 2 aromatic carbocycles. The first-order chi connectivity index (χ1) is 11.5. The van der Waals surface area contributed by atoms with E-state index in [1.807, 2.05) is 44.2 Å². The Hall–Kier alpha value is -2.17. The lowest BCUT2D eigenvalue weighted by Crippen LogP contribution is -2.26. The minimum atomic E-state index is -0.550. The number of halogens is 1. The van der Waals surface area contributed by atoms with Crippen molar-refractivity contribution in [3.05, 3.63) is 70.2 Å². The summed E-state index contributed by atoms with van der Waals surface area (Å²) >= 11 is 6.20. The molecule has 0 unspecified atom stereocenters. The Morgan fingerprint density at radius 2 is 1.88 bits per heavy atom. The number of nitrogens with zero attached hydrogens (tertiary/aromatic N) is 1. The maximum Gasteiger partial charge on any atom is 0.345 e. The van der Waals surface area contributed by atoms with E-state index in [4.69, 9.17) is 21.1 Å². The maximum absolute atomic E-state index is 11.9. The number of hydrogen-bond acceptors (Lipinski definition) is 4. The van der Waals surface area contributed by atoms with E-state index >= 15 is 0 Å². The third-order valence-corrected chi connectivity index (χ3v) is 3.92. The van der Waals surface area contributed by atoms with E-state index in [1.54, 1.807) is 18.2 Å². The number of cyclic esters (lactones) is 1. The van der Waals surface area contributed by atoms with Crippen LogP contribution in [-0.2, 0) is 16.1 Å². The van der Waals surface area contributed by atoms with Crippen LogP contribution < -0.4 is 0 Å². The maximum atomic E-state index is 11.9. The fourth-order valence-electron chi connectivity index (χ4n) is 2.48. The molecule has 0 aromatic heterocycles. The summed E-state index contributed by atoms with van der Waals surface area (Å²) in [7, 11) is 0. The Morgan fingerprint density at radius 1 is 1.12 bits per heavy atom. The summed E-state index contributed by atoms with van der Waals surface area (Å²) in [5.74, 6) is -0.166. The zero-order chi connectivity index (χ0) is 17.2. The molecule has 0 saturated carbocycles. The second-order valence-corrected chi connectivity index (χ2v) is 6.67.